The molecule has 1 heterocycles. The number of carbonyl (C=O) groups excluding carboxylic acids is 1. The van der Waals surface area contributed by atoms with E-state index in [0.717, 1.165) is 11.3 Å². The third-order valence-corrected chi connectivity index (χ3v) is 6.19. The van der Waals surface area contributed by atoms with Gasteiger partial charge in [-0.2, -0.15) is 0 Å². The van der Waals surface area contributed by atoms with Gasteiger partial charge in [0.1, 0.15) is 5.75 Å². The molecular formula is C20H25N3O4S. The molecule has 2 aromatic carbocycles. The molecule has 0 spiro atoms. The molecule has 8 heteroatoms. The van der Waals surface area contributed by atoms with Crippen LogP contribution in [0.4, 0.5) is 0 Å². The molecule has 7 nitrogen and oxygen atoms in total. The summed E-state index contributed by atoms with van der Waals surface area (Å²) in [4.78, 5) is 11.5. The monoisotopic (exact) mass is 403 g/mol. The highest BCUT2D eigenvalue weighted by atomic mass is 32.2. The quantitative estimate of drug-likeness (QED) is 0.584. The Kier molecular flexibility index (Phi) is 6.46. The number of hydrazine groups is 1. The number of hydrogen-bond acceptors (Lipinski definition) is 6. The summed E-state index contributed by atoms with van der Waals surface area (Å²) >= 11 is 0. The van der Waals surface area contributed by atoms with Crippen LogP contribution in [0.1, 0.15) is 35.8 Å². The van der Waals surface area contributed by atoms with Gasteiger partial charge in [-0.1, -0.05) is 24.3 Å². The van der Waals surface area contributed by atoms with Crippen LogP contribution in [0.25, 0.3) is 0 Å². The van der Waals surface area contributed by atoms with Crippen molar-refractivity contribution in [1.82, 2.24) is 15.6 Å². The highest BCUT2D eigenvalue weighted by molar-refractivity contribution is 7.89. The molecule has 0 bridgehead atoms. The fourth-order valence-electron chi connectivity index (χ4n) is 3.19. The van der Waals surface area contributed by atoms with Crippen molar-refractivity contribution < 1.29 is 17.9 Å². The average molecular weight is 404 g/mol. The second-order valence-electron chi connectivity index (χ2n) is 6.70. The van der Waals surface area contributed by atoms with E-state index in [9.17, 15) is 13.2 Å². The van der Waals surface area contributed by atoms with Crippen molar-refractivity contribution in [3.8, 4) is 5.75 Å². The average Bonchev–Trinajstić information content (AvgIpc) is 3.16. The molecule has 1 fully saturated rings. The lowest BCUT2D eigenvalue weighted by atomic mass is 9.95. The van der Waals surface area contributed by atoms with E-state index >= 15 is 0 Å². The lowest BCUT2D eigenvalue weighted by molar-refractivity contribution is 0.101. The molecule has 3 N–H and O–H groups in total. The Labute approximate surface area is 165 Å². The van der Waals surface area contributed by atoms with Crippen molar-refractivity contribution in [3.05, 3.63) is 59.7 Å². The van der Waals surface area contributed by atoms with Crippen LogP contribution in [-0.4, -0.2) is 33.9 Å². The van der Waals surface area contributed by atoms with Gasteiger partial charge in [0.05, 0.1) is 17.5 Å². The zero-order valence-electron chi connectivity index (χ0n) is 15.9. The first kappa shape index (κ1) is 20.5. The van der Waals surface area contributed by atoms with Crippen LogP contribution < -0.4 is 20.3 Å². The van der Waals surface area contributed by atoms with Crippen LogP contribution >= 0.6 is 0 Å². The van der Waals surface area contributed by atoms with Crippen LogP contribution in [0.15, 0.2) is 53.4 Å². The summed E-state index contributed by atoms with van der Waals surface area (Å²) in [5.41, 5.74) is 7.85. The molecule has 28 heavy (non-hydrogen) atoms. The van der Waals surface area contributed by atoms with Gasteiger partial charge in [-0.15, -0.1) is 0 Å². The zero-order valence-corrected chi connectivity index (χ0v) is 16.8. The number of ether oxygens (including phenoxy) is 1. The predicted molar refractivity (Wildman–Crippen MR) is 107 cm³/mol. The van der Waals surface area contributed by atoms with Gasteiger partial charge in [0.15, 0.2) is 5.78 Å². The highest BCUT2D eigenvalue weighted by Crippen LogP contribution is 2.26. The van der Waals surface area contributed by atoms with Crippen LogP contribution in [0.2, 0.25) is 0 Å². The van der Waals surface area contributed by atoms with Crippen molar-refractivity contribution in [1.29, 1.82) is 0 Å². The third-order valence-electron chi connectivity index (χ3n) is 4.75. The Morgan fingerprint density at radius 3 is 2.43 bits per heavy atom. The summed E-state index contributed by atoms with van der Waals surface area (Å²) in [6, 6.07) is 13.7. The SMILES string of the molecule is CCOc1ccc(C2NNCC2CNS(=O)(=O)c2ccc(C(C)=O)cc2)cc1. The predicted octanol–water partition coefficient (Wildman–Crippen LogP) is 2.03. The number of hydrogen-bond donors (Lipinski definition) is 3. The first-order valence-electron chi connectivity index (χ1n) is 9.22. The summed E-state index contributed by atoms with van der Waals surface area (Å²) in [7, 11) is -3.65. The van der Waals surface area contributed by atoms with E-state index < -0.39 is 10.0 Å². The second-order valence-corrected chi connectivity index (χ2v) is 8.46. The minimum absolute atomic E-state index is 0.0153. The maximum Gasteiger partial charge on any atom is 0.240 e. The summed E-state index contributed by atoms with van der Waals surface area (Å²) in [5, 5.41) is 0. The Morgan fingerprint density at radius 2 is 1.82 bits per heavy atom. The van der Waals surface area contributed by atoms with Crippen molar-refractivity contribution in [2.24, 2.45) is 5.92 Å². The standard InChI is InChI=1S/C20H25N3O4S/c1-3-27-18-8-4-16(5-9-18)20-17(12-21-23-20)13-22-28(25,26)19-10-6-15(7-11-19)14(2)24/h4-11,17,20-23H,3,12-13H2,1-2H3. The molecule has 0 amide bonds. The molecule has 1 saturated heterocycles. The van der Waals surface area contributed by atoms with Crippen molar-refractivity contribution in [3.63, 3.8) is 0 Å². The molecule has 150 valence electrons. The van der Waals surface area contributed by atoms with E-state index in [4.69, 9.17) is 4.74 Å². The van der Waals surface area contributed by atoms with Crippen LogP contribution in [-0.2, 0) is 10.0 Å². The molecule has 2 unspecified atom stereocenters. The van der Waals surface area contributed by atoms with Crippen molar-refractivity contribution in [2.75, 3.05) is 19.7 Å². The van der Waals surface area contributed by atoms with Crippen molar-refractivity contribution >= 4 is 15.8 Å². The summed E-state index contributed by atoms with van der Waals surface area (Å²) in [6.07, 6.45) is 0. The molecule has 0 aromatic heterocycles. The van der Waals surface area contributed by atoms with E-state index in [1.165, 1.54) is 31.2 Å². The van der Waals surface area contributed by atoms with E-state index in [2.05, 4.69) is 15.6 Å². The van der Waals surface area contributed by atoms with Gasteiger partial charge in [-0.25, -0.2) is 18.6 Å². The lowest BCUT2D eigenvalue weighted by Gasteiger charge is -2.19. The molecule has 2 atom stereocenters. The number of nitrogens with one attached hydrogen (secondary N) is 3. The van der Waals surface area contributed by atoms with Gasteiger partial charge in [0.2, 0.25) is 10.0 Å². The Hall–Kier alpha value is -2.26. The molecule has 2 aromatic rings. The van der Waals surface area contributed by atoms with E-state index in [1.807, 2.05) is 31.2 Å². The first-order valence-corrected chi connectivity index (χ1v) is 10.7. The van der Waals surface area contributed by atoms with Gasteiger partial charge in [0.25, 0.3) is 0 Å². The zero-order chi connectivity index (χ0) is 20.1. The molecule has 1 aliphatic heterocycles. The molecule has 1 aliphatic rings. The Morgan fingerprint density at radius 1 is 1.14 bits per heavy atom. The number of ketones is 1. The Balaban J connectivity index is 1.66. The maximum atomic E-state index is 12.6. The number of benzene rings is 2. The van der Waals surface area contributed by atoms with Crippen LogP contribution in [0.5, 0.6) is 5.75 Å². The number of carbonyl (C=O) groups is 1. The molecule has 3 rings (SSSR count). The lowest BCUT2D eigenvalue weighted by Crippen LogP contribution is -2.32. The number of rotatable bonds is 8. The van der Waals surface area contributed by atoms with Gasteiger partial charge >= 0.3 is 0 Å². The van der Waals surface area contributed by atoms with Crippen LogP contribution in [0.3, 0.4) is 0 Å². The fourth-order valence-corrected chi connectivity index (χ4v) is 4.28. The van der Waals surface area contributed by atoms with Gasteiger partial charge in [-0.3, -0.25) is 10.2 Å². The minimum atomic E-state index is -3.65. The smallest absolute Gasteiger partial charge is 0.240 e. The summed E-state index contributed by atoms with van der Waals surface area (Å²) in [5.74, 6) is 0.755. The van der Waals surface area contributed by atoms with Crippen LogP contribution in [0, 0.1) is 5.92 Å². The van der Waals surface area contributed by atoms with E-state index in [-0.39, 0.29) is 29.2 Å². The molecular weight excluding hydrogens is 378 g/mol. The second kappa shape index (κ2) is 8.83. The largest absolute Gasteiger partial charge is 0.494 e. The van der Waals surface area contributed by atoms with Gasteiger partial charge in [-0.05, 0) is 43.7 Å². The molecule has 0 radical (unpaired) electrons. The Bertz CT molecular complexity index is 911. The normalized spacial score (nSPS) is 19.5. The van der Waals surface area contributed by atoms with E-state index in [1.54, 1.807) is 0 Å². The maximum absolute atomic E-state index is 12.6. The highest BCUT2D eigenvalue weighted by Gasteiger charge is 2.29. The minimum Gasteiger partial charge on any atom is -0.494 e. The number of Topliss-reactive ketones (excluding diaryl/α,β-unsaturated/α-hetero) is 1. The third kappa shape index (κ3) is 4.77. The first-order chi connectivity index (χ1) is 13.4. The summed E-state index contributed by atoms with van der Waals surface area (Å²) < 4.78 is 33.3. The molecule has 0 saturated carbocycles. The summed E-state index contributed by atoms with van der Waals surface area (Å²) in [6.45, 7) is 4.92. The van der Waals surface area contributed by atoms with Gasteiger partial charge in [0, 0.05) is 24.6 Å². The topological polar surface area (TPSA) is 96.5 Å². The van der Waals surface area contributed by atoms with Crippen molar-refractivity contribution in [2.45, 2.75) is 24.8 Å². The fraction of sp³-hybridized carbons (Fsp3) is 0.350. The molecule has 0 aliphatic carbocycles. The van der Waals surface area contributed by atoms with E-state index in [0.29, 0.717) is 18.7 Å². The number of sulfonamides is 1. The van der Waals surface area contributed by atoms with Gasteiger partial charge < -0.3 is 4.74 Å².